The van der Waals surface area contributed by atoms with Crippen molar-refractivity contribution in [3.05, 3.63) is 42.4 Å². The molecule has 0 saturated heterocycles. The van der Waals surface area contributed by atoms with Crippen molar-refractivity contribution in [1.82, 2.24) is 9.97 Å². The number of methoxy groups -OCH3 is 1. The number of aromatic nitrogens is 2. The van der Waals surface area contributed by atoms with Gasteiger partial charge in [-0.1, -0.05) is 6.07 Å². The molecule has 2 rings (SSSR count). The molecular weight excluding hydrogens is 204 g/mol. The summed E-state index contributed by atoms with van der Waals surface area (Å²) < 4.78 is 10.8. The smallest absolute Gasteiger partial charge is 0.222 e. The normalized spacial score (nSPS) is 9.88. The van der Waals surface area contributed by atoms with E-state index in [9.17, 15) is 0 Å². The summed E-state index contributed by atoms with van der Waals surface area (Å²) in [5.74, 6) is 2.01. The monoisotopic (exact) mass is 216 g/mol. The lowest BCUT2D eigenvalue weighted by Crippen LogP contribution is -1.91. The predicted molar refractivity (Wildman–Crippen MR) is 59.8 cm³/mol. The molecule has 1 aromatic heterocycles. The second-order valence-electron chi connectivity index (χ2n) is 3.28. The van der Waals surface area contributed by atoms with Crippen LogP contribution >= 0.6 is 0 Å². The summed E-state index contributed by atoms with van der Waals surface area (Å²) in [4.78, 5) is 7.80. The molecule has 0 bridgehead atoms. The molecule has 82 valence electrons. The highest BCUT2D eigenvalue weighted by atomic mass is 16.5. The van der Waals surface area contributed by atoms with Gasteiger partial charge in [-0.3, -0.25) is 0 Å². The molecule has 0 fully saturated rings. The van der Waals surface area contributed by atoms with Crippen molar-refractivity contribution in [2.24, 2.45) is 0 Å². The number of nitrogens with zero attached hydrogens (tertiary/aromatic N) is 2. The van der Waals surface area contributed by atoms with Gasteiger partial charge in [-0.05, 0) is 18.6 Å². The van der Waals surface area contributed by atoms with E-state index in [-0.39, 0.29) is 0 Å². The maximum Gasteiger partial charge on any atom is 0.222 e. The van der Waals surface area contributed by atoms with Crippen molar-refractivity contribution in [1.29, 1.82) is 0 Å². The van der Waals surface area contributed by atoms with Crippen molar-refractivity contribution in [3.8, 4) is 17.4 Å². The van der Waals surface area contributed by atoms with Crippen LogP contribution in [0.2, 0.25) is 0 Å². The fourth-order valence-corrected chi connectivity index (χ4v) is 1.32. The minimum Gasteiger partial charge on any atom is -0.496 e. The molecule has 0 aliphatic heterocycles. The zero-order chi connectivity index (χ0) is 11.4. The van der Waals surface area contributed by atoms with Crippen LogP contribution in [-0.2, 0) is 0 Å². The van der Waals surface area contributed by atoms with Crippen molar-refractivity contribution in [2.75, 3.05) is 7.11 Å². The zero-order valence-corrected chi connectivity index (χ0v) is 9.18. The van der Waals surface area contributed by atoms with Crippen molar-refractivity contribution < 1.29 is 9.47 Å². The molecule has 16 heavy (non-hydrogen) atoms. The molecule has 0 aliphatic rings. The molecule has 0 aliphatic carbocycles. The fourth-order valence-electron chi connectivity index (χ4n) is 1.32. The summed E-state index contributed by atoms with van der Waals surface area (Å²) in [5, 5.41) is 0. The summed E-state index contributed by atoms with van der Waals surface area (Å²) in [6.45, 7) is 1.98. The van der Waals surface area contributed by atoms with Crippen LogP contribution in [0.5, 0.6) is 17.4 Å². The summed E-state index contributed by atoms with van der Waals surface area (Å²) in [6.07, 6.45) is 3.08. The topological polar surface area (TPSA) is 44.2 Å². The van der Waals surface area contributed by atoms with Crippen molar-refractivity contribution >= 4 is 0 Å². The lowest BCUT2D eigenvalue weighted by atomic mass is 10.2. The Morgan fingerprint density at radius 2 is 2.06 bits per heavy atom. The lowest BCUT2D eigenvalue weighted by molar-refractivity contribution is 0.404. The maximum absolute atomic E-state index is 5.54. The van der Waals surface area contributed by atoms with Crippen LogP contribution in [0.3, 0.4) is 0 Å². The third kappa shape index (κ3) is 2.28. The summed E-state index contributed by atoms with van der Waals surface area (Å²) in [5.41, 5.74) is 1.07. The fraction of sp³-hybridized carbons (Fsp3) is 0.167. The van der Waals surface area contributed by atoms with E-state index in [0.29, 0.717) is 11.6 Å². The lowest BCUT2D eigenvalue weighted by Gasteiger charge is -2.08. The third-order valence-electron chi connectivity index (χ3n) is 2.16. The highest BCUT2D eigenvalue weighted by molar-refractivity contribution is 5.40. The average Bonchev–Trinajstić information content (AvgIpc) is 2.33. The molecule has 0 N–H and O–H groups in total. The Morgan fingerprint density at radius 1 is 1.19 bits per heavy atom. The van der Waals surface area contributed by atoms with Gasteiger partial charge < -0.3 is 9.47 Å². The third-order valence-corrected chi connectivity index (χ3v) is 2.16. The Labute approximate surface area is 93.9 Å². The molecule has 4 nitrogen and oxygen atoms in total. The molecule has 2 aromatic rings. The maximum atomic E-state index is 5.54. The largest absolute Gasteiger partial charge is 0.496 e. The second-order valence-corrected chi connectivity index (χ2v) is 3.28. The molecular formula is C12H12N2O2. The SMILES string of the molecule is COc1cc(Oc2ccncn2)ccc1C. The zero-order valence-electron chi connectivity index (χ0n) is 9.18. The number of aryl methyl sites for hydroxylation is 1. The molecule has 0 radical (unpaired) electrons. The van der Waals surface area contributed by atoms with E-state index < -0.39 is 0 Å². The molecule has 0 saturated carbocycles. The van der Waals surface area contributed by atoms with E-state index in [0.717, 1.165) is 11.3 Å². The molecule has 1 aromatic carbocycles. The number of hydrogen-bond donors (Lipinski definition) is 0. The number of benzene rings is 1. The highest BCUT2D eigenvalue weighted by Gasteiger charge is 2.02. The molecule has 0 atom stereocenters. The summed E-state index contributed by atoms with van der Waals surface area (Å²) in [6, 6.07) is 7.35. The summed E-state index contributed by atoms with van der Waals surface area (Å²) in [7, 11) is 1.64. The van der Waals surface area contributed by atoms with Crippen LogP contribution in [0.1, 0.15) is 5.56 Å². The highest BCUT2D eigenvalue weighted by Crippen LogP contribution is 2.26. The molecule has 4 heteroatoms. The van der Waals surface area contributed by atoms with Gasteiger partial charge in [0.2, 0.25) is 5.88 Å². The van der Waals surface area contributed by atoms with Crippen molar-refractivity contribution in [3.63, 3.8) is 0 Å². The van der Waals surface area contributed by atoms with E-state index in [1.165, 1.54) is 6.33 Å². The Morgan fingerprint density at radius 3 is 2.75 bits per heavy atom. The van der Waals surface area contributed by atoms with Crippen LogP contribution in [0, 0.1) is 6.92 Å². The van der Waals surface area contributed by atoms with E-state index in [1.807, 2.05) is 25.1 Å². The first-order valence-electron chi connectivity index (χ1n) is 4.88. The number of ether oxygens (including phenoxy) is 2. The van der Waals surface area contributed by atoms with E-state index in [1.54, 1.807) is 19.4 Å². The molecule has 0 unspecified atom stereocenters. The molecule has 1 heterocycles. The Balaban J connectivity index is 2.22. The van der Waals surface area contributed by atoms with Gasteiger partial charge in [-0.15, -0.1) is 0 Å². The standard InChI is InChI=1S/C12H12N2O2/c1-9-3-4-10(7-11(9)15-2)16-12-5-6-13-8-14-12/h3-8H,1-2H3. The summed E-state index contributed by atoms with van der Waals surface area (Å²) >= 11 is 0. The van der Waals surface area contributed by atoms with Gasteiger partial charge in [0.1, 0.15) is 17.8 Å². The first kappa shape index (κ1) is 10.4. The van der Waals surface area contributed by atoms with Gasteiger partial charge in [-0.2, -0.15) is 0 Å². The predicted octanol–water partition coefficient (Wildman–Crippen LogP) is 2.59. The van der Waals surface area contributed by atoms with E-state index in [4.69, 9.17) is 9.47 Å². The molecule has 0 amide bonds. The Hall–Kier alpha value is -2.10. The van der Waals surface area contributed by atoms with Crippen LogP contribution in [0.15, 0.2) is 36.8 Å². The van der Waals surface area contributed by atoms with Crippen LogP contribution < -0.4 is 9.47 Å². The van der Waals surface area contributed by atoms with E-state index in [2.05, 4.69) is 9.97 Å². The Kier molecular flexibility index (Phi) is 3.00. The first-order chi connectivity index (χ1) is 7.79. The quantitative estimate of drug-likeness (QED) is 0.791. The van der Waals surface area contributed by atoms with Gasteiger partial charge in [0.05, 0.1) is 7.11 Å². The minimum absolute atomic E-state index is 0.515. The average molecular weight is 216 g/mol. The number of rotatable bonds is 3. The van der Waals surface area contributed by atoms with Gasteiger partial charge in [0.15, 0.2) is 0 Å². The van der Waals surface area contributed by atoms with Crippen LogP contribution in [-0.4, -0.2) is 17.1 Å². The Bertz CT molecular complexity index is 472. The second kappa shape index (κ2) is 4.61. The van der Waals surface area contributed by atoms with Gasteiger partial charge >= 0.3 is 0 Å². The first-order valence-corrected chi connectivity index (χ1v) is 4.88. The van der Waals surface area contributed by atoms with Gasteiger partial charge in [0, 0.05) is 18.3 Å². The van der Waals surface area contributed by atoms with Crippen molar-refractivity contribution in [2.45, 2.75) is 6.92 Å². The van der Waals surface area contributed by atoms with Gasteiger partial charge in [0.25, 0.3) is 0 Å². The molecule has 0 spiro atoms. The minimum atomic E-state index is 0.515. The van der Waals surface area contributed by atoms with E-state index >= 15 is 0 Å². The van der Waals surface area contributed by atoms with Crippen LogP contribution in [0.4, 0.5) is 0 Å². The number of hydrogen-bond acceptors (Lipinski definition) is 4. The van der Waals surface area contributed by atoms with Crippen LogP contribution in [0.25, 0.3) is 0 Å². The van der Waals surface area contributed by atoms with Gasteiger partial charge in [-0.25, -0.2) is 9.97 Å².